The van der Waals surface area contributed by atoms with Crippen LogP contribution in [0.25, 0.3) is 6.08 Å². The Kier molecular flexibility index (Phi) is 7.23. The van der Waals surface area contributed by atoms with Crippen molar-refractivity contribution in [3.63, 3.8) is 0 Å². The third-order valence-corrected chi connectivity index (χ3v) is 3.18. The van der Waals surface area contributed by atoms with Gasteiger partial charge in [-0.3, -0.25) is 9.59 Å². The summed E-state index contributed by atoms with van der Waals surface area (Å²) in [5.74, 6) is -1.02. The van der Waals surface area contributed by atoms with Gasteiger partial charge >= 0.3 is 5.97 Å². The first kappa shape index (κ1) is 17.0. The summed E-state index contributed by atoms with van der Waals surface area (Å²) < 4.78 is 0. The molecule has 0 atom stereocenters. The molecular formula is C17H23NO3. The predicted octanol–water partition coefficient (Wildman–Crippen LogP) is 3.11. The van der Waals surface area contributed by atoms with E-state index in [1.807, 2.05) is 38.1 Å². The second kappa shape index (κ2) is 8.95. The van der Waals surface area contributed by atoms with E-state index in [-0.39, 0.29) is 18.9 Å². The Morgan fingerprint density at radius 1 is 1.19 bits per heavy atom. The van der Waals surface area contributed by atoms with Gasteiger partial charge in [0.2, 0.25) is 5.91 Å². The molecule has 1 rings (SSSR count). The van der Waals surface area contributed by atoms with E-state index in [0.29, 0.717) is 6.54 Å². The number of benzene rings is 1. The summed E-state index contributed by atoms with van der Waals surface area (Å²) in [6.45, 7) is 4.91. The Balaban J connectivity index is 2.65. The topological polar surface area (TPSA) is 57.6 Å². The smallest absolute Gasteiger partial charge is 0.305 e. The van der Waals surface area contributed by atoms with E-state index >= 15 is 0 Å². The molecule has 0 heterocycles. The fraction of sp³-hybridized carbons (Fsp3) is 0.412. The first-order chi connectivity index (χ1) is 10.0. The third-order valence-electron chi connectivity index (χ3n) is 3.18. The van der Waals surface area contributed by atoms with E-state index in [2.05, 4.69) is 0 Å². The van der Waals surface area contributed by atoms with Gasteiger partial charge in [0, 0.05) is 19.2 Å². The lowest BCUT2D eigenvalue weighted by molar-refractivity contribution is -0.138. The van der Waals surface area contributed by atoms with Crippen LogP contribution in [0.1, 0.15) is 37.3 Å². The first-order valence-electron chi connectivity index (χ1n) is 7.28. The lowest BCUT2D eigenvalue weighted by Crippen LogP contribution is -2.32. The van der Waals surface area contributed by atoms with Crippen molar-refractivity contribution in [2.75, 3.05) is 13.1 Å². The maximum absolute atomic E-state index is 12.1. The van der Waals surface area contributed by atoms with Gasteiger partial charge in [0.05, 0.1) is 6.42 Å². The van der Waals surface area contributed by atoms with Crippen LogP contribution >= 0.6 is 0 Å². The van der Waals surface area contributed by atoms with Gasteiger partial charge in [0.1, 0.15) is 0 Å². The number of hydrogen-bond acceptors (Lipinski definition) is 2. The van der Waals surface area contributed by atoms with Gasteiger partial charge in [-0.2, -0.15) is 0 Å². The fourth-order valence-corrected chi connectivity index (χ4v) is 1.86. The highest BCUT2D eigenvalue weighted by Gasteiger charge is 2.11. The van der Waals surface area contributed by atoms with Crippen LogP contribution in [0.5, 0.6) is 0 Å². The minimum Gasteiger partial charge on any atom is -0.481 e. The maximum atomic E-state index is 12.1. The summed E-state index contributed by atoms with van der Waals surface area (Å²) in [6.07, 6.45) is 5.11. The lowest BCUT2D eigenvalue weighted by atomic mass is 10.1. The molecule has 0 spiro atoms. The van der Waals surface area contributed by atoms with Crippen molar-refractivity contribution in [1.29, 1.82) is 0 Å². The van der Waals surface area contributed by atoms with Crippen molar-refractivity contribution >= 4 is 18.0 Å². The number of aryl methyl sites for hydroxylation is 1. The fourth-order valence-electron chi connectivity index (χ4n) is 1.86. The van der Waals surface area contributed by atoms with Crippen LogP contribution in [0.2, 0.25) is 0 Å². The molecule has 0 aromatic heterocycles. The number of carbonyl (C=O) groups excluding carboxylic acids is 1. The number of rotatable bonds is 8. The number of hydrogen-bond donors (Lipinski definition) is 1. The standard InChI is InChI=1S/C17H23NO3/c1-3-4-12-18(13-11-17(20)21)16(19)10-9-15-7-5-14(2)6-8-15/h5-10H,3-4,11-13H2,1-2H3,(H,20,21)/b10-9+. The van der Waals surface area contributed by atoms with E-state index < -0.39 is 5.97 Å². The molecule has 1 N–H and O–H groups in total. The van der Waals surface area contributed by atoms with Crippen LogP contribution in [-0.4, -0.2) is 35.0 Å². The van der Waals surface area contributed by atoms with E-state index in [1.54, 1.807) is 11.0 Å². The quantitative estimate of drug-likeness (QED) is 0.748. The van der Waals surface area contributed by atoms with Gasteiger partial charge in [0.15, 0.2) is 0 Å². The van der Waals surface area contributed by atoms with Gasteiger partial charge in [-0.25, -0.2) is 0 Å². The third kappa shape index (κ3) is 6.75. The minimum absolute atomic E-state index is 0.0200. The van der Waals surface area contributed by atoms with Crippen molar-refractivity contribution in [2.45, 2.75) is 33.1 Å². The SMILES string of the molecule is CCCCN(CCC(=O)O)C(=O)/C=C/c1ccc(C)cc1. The van der Waals surface area contributed by atoms with E-state index in [4.69, 9.17) is 5.11 Å². The number of unbranched alkanes of at least 4 members (excludes halogenated alkanes) is 1. The summed E-state index contributed by atoms with van der Waals surface area (Å²) in [5.41, 5.74) is 2.13. The van der Waals surface area contributed by atoms with Gasteiger partial charge in [-0.05, 0) is 25.0 Å². The number of aliphatic carboxylic acids is 1. The first-order valence-corrected chi connectivity index (χ1v) is 7.28. The molecule has 0 aliphatic rings. The van der Waals surface area contributed by atoms with E-state index in [0.717, 1.165) is 18.4 Å². The van der Waals surface area contributed by atoms with Crippen LogP contribution in [0, 0.1) is 6.92 Å². The Hall–Kier alpha value is -2.10. The van der Waals surface area contributed by atoms with E-state index in [9.17, 15) is 9.59 Å². The number of carboxylic acid groups (broad SMARTS) is 1. The van der Waals surface area contributed by atoms with Crippen LogP contribution in [0.4, 0.5) is 0 Å². The summed E-state index contributed by atoms with van der Waals surface area (Å²) in [4.78, 5) is 24.4. The normalized spacial score (nSPS) is 10.8. The van der Waals surface area contributed by atoms with Gasteiger partial charge < -0.3 is 10.0 Å². The molecule has 0 saturated heterocycles. The van der Waals surface area contributed by atoms with Crippen LogP contribution in [0.15, 0.2) is 30.3 Å². The molecule has 0 bridgehead atoms. The maximum Gasteiger partial charge on any atom is 0.305 e. The summed E-state index contributed by atoms with van der Waals surface area (Å²) in [7, 11) is 0. The van der Waals surface area contributed by atoms with Gasteiger partial charge in [-0.1, -0.05) is 43.2 Å². The Bertz CT molecular complexity index is 491. The van der Waals surface area contributed by atoms with Crippen LogP contribution in [-0.2, 0) is 9.59 Å². The molecule has 0 unspecified atom stereocenters. The average molecular weight is 289 g/mol. The number of amides is 1. The summed E-state index contributed by atoms with van der Waals surface area (Å²) >= 11 is 0. The second-order valence-corrected chi connectivity index (χ2v) is 5.07. The predicted molar refractivity (Wildman–Crippen MR) is 84.0 cm³/mol. The summed E-state index contributed by atoms with van der Waals surface area (Å²) in [6, 6.07) is 7.88. The highest BCUT2D eigenvalue weighted by Crippen LogP contribution is 2.06. The molecule has 1 aromatic carbocycles. The van der Waals surface area contributed by atoms with Crippen molar-refractivity contribution in [3.05, 3.63) is 41.5 Å². The molecule has 0 aliphatic heterocycles. The van der Waals surface area contributed by atoms with Crippen molar-refractivity contribution < 1.29 is 14.7 Å². The minimum atomic E-state index is -0.883. The molecule has 0 radical (unpaired) electrons. The van der Waals surface area contributed by atoms with Crippen molar-refractivity contribution in [2.24, 2.45) is 0 Å². The Labute approximate surface area is 126 Å². The van der Waals surface area contributed by atoms with Gasteiger partial charge in [-0.15, -0.1) is 0 Å². The Morgan fingerprint density at radius 3 is 2.43 bits per heavy atom. The van der Waals surface area contributed by atoms with E-state index in [1.165, 1.54) is 11.6 Å². The zero-order chi connectivity index (χ0) is 15.7. The lowest BCUT2D eigenvalue weighted by Gasteiger charge is -2.20. The van der Waals surface area contributed by atoms with Gasteiger partial charge in [0.25, 0.3) is 0 Å². The summed E-state index contributed by atoms with van der Waals surface area (Å²) in [5, 5.41) is 8.75. The molecule has 114 valence electrons. The second-order valence-electron chi connectivity index (χ2n) is 5.07. The molecular weight excluding hydrogens is 266 g/mol. The number of carboxylic acids is 1. The molecule has 1 amide bonds. The van der Waals surface area contributed by atoms with Crippen LogP contribution in [0.3, 0.4) is 0 Å². The largest absolute Gasteiger partial charge is 0.481 e. The zero-order valence-corrected chi connectivity index (χ0v) is 12.7. The Morgan fingerprint density at radius 2 is 1.86 bits per heavy atom. The molecule has 0 saturated carbocycles. The number of carbonyl (C=O) groups is 2. The highest BCUT2D eigenvalue weighted by molar-refractivity contribution is 5.92. The zero-order valence-electron chi connectivity index (χ0n) is 12.7. The highest BCUT2D eigenvalue weighted by atomic mass is 16.4. The molecule has 1 aromatic rings. The molecule has 0 aliphatic carbocycles. The molecule has 21 heavy (non-hydrogen) atoms. The average Bonchev–Trinajstić information content (AvgIpc) is 2.46. The van der Waals surface area contributed by atoms with Crippen LogP contribution < -0.4 is 0 Å². The molecule has 0 fully saturated rings. The van der Waals surface area contributed by atoms with Crippen molar-refractivity contribution in [1.82, 2.24) is 4.90 Å². The number of nitrogens with zero attached hydrogens (tertiary/aromatic N) is 1. The monoisotopic (exact) mass is 289 g/mol. The molecule has 4 heteroatoms. The molecule has 4 nitrogen and oxygen atoms in total. The van der Waals surface area contributed by atoms with Crippen molar-refractivity contribution in [3.8, 4) is 0 Å².